The van der Waals surface area contributed by atoms with Gasteiger partial charge in [0.2, 0.25) is 5.91 Å². The topological polar surface area (TPSA) is 70.7 Å². The Balaban J connectivity index is 2.39. The zero-order valence-electron chi connectivity index (χ0n) is 9.95. The lowest BCUT2D eigenvalue weighted by Gasteiger charge is -2.36. The Bertz CT molecular complexity index is 270. The number of amides is 3. The molecule has 1 heterocycles. The van der Waals surface area contributed by atoms with E-state index in [-0.39, 0.29) is 24.6 Å². The van der Waals surface area contributed by atoms with Gasteiger partial charge in [0.05, 0.1) is 19.3 Å². The highest BCUT2D eigenvalue weighted by Gasteiger charge is 2.25. The first kappa shape index (κ1) is 12.9. The third-order valence-electron chi connectivity index (χ3n) is 2.56. The maximum Gasteiger partial charge on any atom is 0.321 e. The second-order valence-corrected chi connectivity index (χ2v) is 4.05. The number of ether oxygens (including phenoxy) is 1. The van der Waals surface area contributed by atoms with Gasteiger partial charge < -0.3 is 10.1 Å². The van der Waals surface area contributed by atoms with Gasteiger partial charge in [-0.25, -0.2) is 4.79 Å². The zero-order valence-corrected chi connectivity index (χ0v) is 9.95. The van der Waals surface area contributed by atoms with E-state index in [4.69, 9.17) is 4.74 Å². The number of hydrogen-bond donors (Lipinski definition) is 2. The zero-order chi connectivity index (χ0) is 12.1. The maximum absolute atomic E-state index is 11.5. The molecule has 0 radical (unpaired) electrons. The van der Waals surface area contributed by atoms with Crippen molar-refractivity contribution in [1.29, 1.82) is 0 Å². The van der Waals surface area contributed by atoms with Crippen molar-refractivity contribution < 1.29 is 14.3 Å². The van der Waals surface area contributed by atoms with Gasteiger partial charge in [-0.2, -0.15) is 0 Å². The summed E-state index contributed by atoms with van der Waals surface area (Å²) in [7, 11) is 1.47. The summed E-state index contributed by atoms with van der Waals surface area (Å²) in [5.41, 5.74) is 0. The molecular formula is C10H19N3O3. The van der Waals surface area contributed by atoms with Gasteiger partial charge in [-0.3, -0.25) is 15.0 Å². The molecule has 0 saturated carbocycles. The molecule has 2 unspecified atom stereocenters. The second kappa shape index (κ2) is 5.81. The van der Waals surface area contributed by atoms with Gasteiger partial charge in [0.15, 0.2) is 0 Å². The quantitative estimate of drug-likeness (QED) is 0.673. The van der Waals surface area contributed by atoms with E-state index in [0.29, 0.717) is 13.2 Å². The highest BCUT2D eigenvalue weighted by atomic mass is 16.5. The largest absolute Gasteiger partial charge is 0.376 e. The molecule has 0 aromatic carbocycles. The molecule has 0 bridgehead atoms. The molecule has 3 amide bonds. The Hall–Kier alpha value is -1.14. The predicted molar refractivity (Wildman–Crippen MR) is 59.0 cm³/mol. The van der Waals surface area contributed by atoms with E-state index in [1.807, 2.05) is 18.7 Å². The van der Waals surface area contributed by atoms with Crippen LogP contribution >= 0.6 is 0 Å². The minimum Gasteiger partial charge on any atom is -0.376 e. The Labute approximate surface area is 95.3 Å². The van der Waals surface area contributed by atoms with Crippen molar-refractivity contribution in [2.24, 2.45) is 0 Å². The fraction of sp³-hybridized carbons (Fsp3) is 0.800. The van der Waals surface area contributed by atoms with Crippen molar-refractivity contribution in [1.82, 2.24) is 15.5 Å². The van der Waals surface area contributed by atoms with Crippen LogP contribution in [0.15, 0.2) is 0 Å². The molecule has 16 heavy (non-hydrogen) atoms. The van der Waals surface area contributed by atoms with Crippen molar-refractivity contribution in [2.75, 3.05) is 26.7 Å². The average molecular weight is 229 g/mol. The average Bonchev–Trinajstić information content (AvgIpc) is 2.23. The van der Waals surface area contributed by atoms with Crippen LogP contribution < -0.4 is 10.6 Å². The van der Waals surface area contributed by atoms with Crippen LogP contribution in [0, 0.1) is 0 Å². The van der Waals surface area contributed by atoms with E-state index in [2.05, 4.69) is 10.6 Å². The molecule has 1 fully saturated rings. The molecule has 1 aliphatic heterocycles. The molecule has 2 atom stereocenters. The third kappa shape index (κ3) is 3.79. The van der Waals surface area contributed by atoms with Crippen molar-refractivity contribution >= 4 is 11.9 Å². The number of imide groups is 1. The van der Waals surface area contributed by atoms with Gasteiger partial charge in [-0.1, -0.05) is 0 Å². The molecule has 6 nitrogen and oxygen atoms in total. The summed E-state index contributed by atoms with van der Waals surface area (Å²) >= 11 is 0. The lowest BCUT2D eigenvalue weighted by atomic mass is 10.2. The summed E-state index contributed by atoms with van der Waals surface area (Å²) in [4.78, 5) is 24.4. The number of nitrogens with zero attached hydrogens (tertiary/aromatic N) is 1. The van der Waals surface area contributed by atoms with E-state index >= 15 is 0 Å². The lowest BCUT2D eigenvalue weighted by molar-refractivity contribution is -0.124. The van der Waals surface area contributed by atoms with E-state index in [9.17, 15) is 9.59 Å². The molecule has 0 aliphatic carbocycles. The Morgan fingerprint density at radius 1 is 1.44 bits per heavy atom. The summed E-state index contributed by atoms with van der Waals surface area (Å²) in [5, 5.41) is 4.58. The van der Waals surface area contributed by atoms with Crippen LogP contribution in [0.25, 0.3) is 0 Å². The normalized spacial score (nSPS) is 26.2. The molecule has 1 rings (SSSR count). The molecule has 92 valence electrons. The summed E-state index contributed by atoms with van der Waals surface area (Å²) < 4.78 is 5.45. The molecule has 1 saturated heterocycles. The SMILES string of the molecule is CNC(=O)NC(=O)CN1CC(C)OCC1C. The first-order chi connectivity index (χ1) is 7.52. The van der Waals surface area contributed by atoms with Crippen LogP contribution in [0.3, 0.4) is 0 Å². The third-order valence-corrected chi connectivity index (χ3v) is 2.56. The van der Waals surface area contributed by atoms with Gasteiger partial charge >= 0.3 is 6.03 Å². The van der Waals surface area contributed by atoms with Gasteiger partial charge in [0.25, 0.3) is 0 Å². The van der Waals surface area contributed by atoms with E-state index in [1.165, 1.54) is 7.05 Å². The maximum atomic E-state index is 11.5. The van der Waals surface area contributed by atoms with Crippen molar-refractivity contribution in [3.63, 3.8) is 0 Å². The standard InChI is InChI=1S/C10H19N3O3/c1-7-6-16-8(2)4-13(7)5-9(14)12-10(15)11-3/h7-8H,4-6H2,1-3H3,(H2,11,12,14,15). The Morgan fingerprint density at radius 2 is 2.12 bits per heavy atom. The monoisotopic (exact) mass is 229 g/mol. The van der Waals surface area contributed by atoms with Crippen LogP contribution in [-0.2, 0) is 9.53 Å². The number of carbonyl (C=O) groups is 2. The van der Waals surface area contributed by atoms with Crippen LogP contribution in [0.2, 0.25) is 0 Å². The second-order valence-electron chi connectivity index (χ2n) is 4.05. The molecule has 6 heteroatoms. The molecular weight excluding hydrogens is 210 g/mol. The first-order valence-corrected chi connectivity index (χ1v) is 5.40. The van der Waals surface area contributed by atoms with Crippen LogP contribution in [0.4, 0.5) is 4.79 Å². The molecule has 0 aromatic rings. The van der Waals surface area contributed by atoms with Gasteiger partial charge in [-0.05, 0) is 13.8 Å². The van der Waals surface area contributed by atoms with Crippen molar-refractivity contribution in [2.45, 2.75) is 26.0 Å². The lowest BCUT2D eigenvalue weighted by Crippen LogP contribution is -2.52. The number of carbonyl (C=O) groups excluding carboxylic acids is 2. The number of rotatable bonds is 2. The highest BCUT2D eigenvalue weighted by Crippen LogP contribution is 2.10. The summed E-state index contributed by atoms with van der Waals surface area (Å²) in [5.74, 6) is -0.291. The molecule has 0 aromatic heterocycles. The van der Waals surface area contributed by atoms with Gasteiger partial charge in [0.1, 0.15) is 0 Å². The van der Waals surface area contributed by atoms with Gasteiger partial charge in [-0.15, -0.1) is 0 Å². The number of hydrogen-bond acceptors (Lipinski definition) is 4. The summed E-state index contributed by atoms with van der Waals surface area (Å²) in [6.07, 6.45) is 0.129. The highest BCUT2D eigenvalue weighted by molar-refractivity contribution is 5.95. The first-order valence-electron chi connectivity index (χ1n) is 5.40. The minimum atomic E-state index is -0.473. The number of urea groups is 1. The molecule has 1 aliphatic rings. The van der Waals surface area contributed by atoms with E-state index in [1.54, 1.807) is 0 Å². The Morgan fingerprint density at radius 3 is 2.75 bits per heavy atom. The fourth-order valence-electron chi connectivity index (χ4n) is 1.61. The van der Waals surface area contributed by atoms with Crippen LogP contribution in [0.1, 0.15) is 13.8 Å². The smallest absolute Gasteiger partial charge is 0.321 e. The Kier molecular flexibility index (Phi) is 4.70. The molecule has 0 spiro atoms. The van der Waals surface area contributed by atoms with Crippen LogP contribution in [-0.4, -0.2) is 55.7 Å². The minimum absolute atomic E-state index is 0.129. The van der Waals surface area contributed by atoms with E-state index in [0.717, 1.165) is 0 Å². The fourth-order valence-corrected chi connectivity index (χ4v) is 1.61. The number of nitrogens with one attached hydrogen (secondary N) is 2. The predicted octanol–water partition coefficient (Wildman–Crippen LogP) is -0.449. The van der Waals surface area contributed by atoms with Crippen molar-refractivity contribution in [3.05, 3.63) is 0 Å². The van der Waals surface area contributed by atoms with Gasteiger partial charge in [0, 0.05) is 19.6 Å². The summed E-state index contributed by atoms with van der Waals surface area (Å²) in [6, 6.07) is -0.273. The summed E-state index contributed by atoms with van der Waals surface area (Å²) in [6.45, 7) is 5.52. The van der Waals surface area contributed by atoms with Crippen LogP contribution in [0.5, 0.6) is 0 Å². The molecule has 2 N–H and O–H groups in total. The van der Waals surface area contributed by atoms with Crippen molar-refractivity contribution in [3.8, 4) is 0 Å². The number of morpholine rings is 1. The van der Waals surface area contributed by atoms with E-state index < -0.39 is 6.03 Å².